The Balaban J connectivity index is 3.02. The van der Waals surface area contributed by atoms with Crippen LogP contribution in [0.3, 0.4) is 0 Å². The molecule has 0 unspecified atom stereocenters. The van der Waals surface area contributed by atoms with Gasteiger partial charge >= 0.3 is 6.18 Å². The van der Waals surface area contributed by atoms with E-state index in [9.17, 15) is 18.0 Å². The smallest absolute Gasteiger partial charge is 0.421 e. The summed E-state index contributed by atoms with van der Waals surface area (Å²) >= 11 is 0. The lowest BCUT2D eigenvalue weighted by atomic mass is 10.1. The van der Waals surface area contributed by atoms with Crippen molar-refractivity contribution in [1.82, 2.24) is 4.90 Å². The Morgan fingerprint density at radius 3 is 2.23 bits per heavy atom. The van der Waals surface area contributed by atoms with Crippen LogP contribution in [0.1, 0.15) is 45.1 Å². The van der Waals surface area contributed by atoms with Crippen LogP contribution in [0.5, 0.6) is 0 Å². The molecule has 0 fully saturated rings. The molecule has 0 N–H and O–H groups in total. The number of hydrogen-bond donors (Lipinski definition) is 0. The van der Waals surface area contributed by atoms with E-state index in [2.05, 4.69) is 0 Å². The van der Waals surface area contributed by atoms with Crippen molar-refractivity contribution in [2.75, 3.05) is 13.1 Å². The number of amides is 1. The monoisotopic (exact) mass is 317 g/mol. The van der Waals surface area contributed by atoms with Gasteiger partial charge in [-0.1, -0.05) is 26.7 Å². The number of furan rings is 1. The lowest BCUT2D eigenvalue weighted by Gasteiger charge is -2.24. The summed E-state index contributed by atoms with van der Waals surface area (Å²) in [5.74, 6) is -0.962. The maximum atomic E-state index is 13.2. The summed E-state index contributed by atoms with van der Waals surface area (Å²) in [7, 11) is 0. The molecule has 0 radical (unpaired) electrons. The molecule has 0 aliphatic carbocycles. The second kappa shape index (κ2) is 8.66. The first-order valence-electron chi connectivity index (χ1n) is 7.50. The molecule has 0 aromatic carbocycles. The maximum absolute atomic E-state index is 13.2. The maximum Gasteiger partial charge on any atom is 0.421 e. The van der Waals surface area contributed by atoms with E-state index < -0.39 is 17.7 Å². The minimum Gasteiger partial charge on any atom is -0.472 e. The van der Waals surface area contributed by atoms with Gasteiger partial charge in [0.15, 0.2) is 0 Å². The van der Waals surface area contributed by atoms with Crippen LogP contribution in [0.25, 0.3) is 6.08 Å². The van der Waals surface area contributed by atoms with Gasteiger partial charge in [0.2, 0.25) is 0 Å². The van der Waals surface area contributed by atoms with Gasteiger partial charge < -0.3 is 9.32 Å². The predicted molar refractivity (Wildman–Crippen MR) is 79.1 cm³/mol. The van der Waals surface area contributed by atoms with Gasteiger partial charge in [-0.3, -0.25) is 4.79 Å². The topological polar surface area (TPSA) is 33.5 Å². The van der Waals surface area contributed by atoms with Gasteiger partial charge in [-0.25, -0.2) is 0 Å². The highest BCUT2D eigenvalue weighted by molar-refractivity contribution is 5.99. The molecule has 0 atom stereocenters. The number of nitrogens with zero attached hydrogens (tertiary/aromatic N) is 1. The van der Waals surface area contributed by atoms with E-state index in [0.29, 0.717) is 25.9 Å². The zero-order chi connectivity index (χ0) is 16.6. The van der Waals surface area contributed by atoms with E-state index in [-0.39, 0.29) is 5.56 Å². The Morgan fingerprint density at radius 2 is 1.82 bits per heavy atom. The minimum absolute atomic E-state index is 0.228. The van der Waals surface area contributed by atoms with E-state index in [1.165, 1.54) is 23.5 Å². The van der Waals surface area contributed by atoms with Gasteiger partial charge in [0, 0.05) is 18.7 Å². The molecular formula is C16H22F3NO2. The van der Waals surface area contributed by atoms with Crippen LogP contribution in [0.4, 0.5) is 13.2 Å². The van der Waals surface area contributed by atoms with Crippen LogP contribution in [-0.4, -0.2) is 30.1 Å². The summed E-state index contributed by atoms with van der Waals surface area (Å²) in [6.07, 6.45) is 1.63. The number of alkyl halides is 3. The summed E-state index contributed by atoms with van der Waals surface area (Å²) in [6, 6.07) is 1.39. The Bertz CT molecular complexity index is 470. The number of carbonyl (C=O) groups excluding carboxylic acids is 1. The van der Waals surface area contributed by atoms with Gasteiger partial charge in [0.25, 0.3) is 5.91 Å². The van der Waals surface area contributed by atoms with Crippen molar-refractivity contribution >= 4 is 12.0 Å². The third kappa shape index (κ3) is 5.58. The van der Waals surface area contributed by atoms with Crippen molar-refractivity contribution < 1.29 is 22.4 Å². The van der Waals surface area contributed by atoms with Crippen molar-refractivity contribution in [1.29, 1.82) is 0 Å². The molecule has 1 amide bonds. The van der Waals surface area contributed by atoms with Crippen LogP contribution in [-0.2, 0) is 4.79 Å². The van der Waals surface area contributed by atoms with Gasteiger partial charge in [-0.2, -0.15) is 13.2 Å². The number of hydrogen-bond acceptors (Lipinski definition) is 2. The molecule has 1 rings (SSSR count). The van der Waals surface area contributed by atoms with Gasteiger partial charge in [0.1, 0.15) is 5.57 Å². The average Bonchev–Trinajstić information content (AvgIpc) is 2.96. The summed E-state index contributed by atoms with van der Waals surface area (Å²) < 4.78 is 44.4. The van der Waals surface area contributed by atoms with Crippen molar-refractivity contribution in [3.63, 3.8) is 0 Å². The first kappa shape index (κ1) is 18.3. The van der Waals surface area contributed by atoms with Crippen LogP contribution in [0.2, 0.25) is 0 Å². The second-order valence-corrected chi connectivity index (χ2v) is 5.11. The molecule has 0 aliphatic rings. The molecule has 6 heteroatoms. The normalized spacial score (nSPS) is 12.5. The molecule has 0 spiro atoms. The fourth-order valence-corrected chi connectivity index (χ4v) is 1.97. The molecule has 1 aromatic heterocycles. The molecule has 0 saturated heterocycles. The van der Waals surface area contributed by atoms with Gasteiger partial charge in [-0.05, 0) is 25.0 Å². The highest BCUT2D eigenvalue weighted by Gasteiger charge is 2.40. The highest BCUT2D eigenvalue weighted by atomic mass is 19.4. The van der Waals surface area contributed by atoms with Crippen LogP contribution >= 0.6 is 0 Å². The first-order valence-corrected chi connectivity index (χ1v) is 7.50. The Hall–Kier alpha value is -1.72. The molecule has 0 bridgehead atoms. The van der Waals surface area contributed by atoms with Gasteiger partial charge in [0.05, 0.1) is 12.5 Å². The quantitative estimate of drug-likeness (QED) is 0.654. The molecule has 0 aliphatic heterocycles. The molecule has 124 valence electrons. The second-order valence-electron chi connectivity index (χ2n) is 5.11. The van der Waals surface area contributed by atoms with Crippen LogP contribution < -0.4 is 0 Å². The van der Waals surface area contributed by atoms with E-state index >= 15 is 0 Å². The molecule has 0 saturated carbocycles. The van der Waals surface area contributed by atoms with Crippen molar-refractivity contribution in [2.45, 2.75) is 45.7 Å². The molecule has 1 heterocycles. The SMILES string of the molecule is CCCCN(CCCC)C(=O)/C(=C/c1ccoc1)C(F)(F)F. The molecule has 3 nitrogen and oxygen atoms in total. The Labute approximate surface area is 128 Å². The highest BCUT2D eigenvalue weighted by Crippen LogP contribution is 2.29. The summed E-state index contributed by atoms with van der Waals surface area (Å²) in [5.41, 5.74) is -0.923. The average molecular weight is 317 g/mol. The third-order valence-electron chi connectivity index (χ3n) is 3.24. The first-order chi connectivity index (χ1) is 10.4. The summed E-state index contributed by atoms with van der Waals surface area (Å²) in [5, 5.41) is 0. The lowest BCUT2D eigenvalue weighted by molar-refractivity contribution is -0.139. The lowest BCUT2D eigenvalue weighted by Crippen LogP contribution is -2.37. The van der Waals surface area contributed by atoms with E-state index in [1.807, 2.05) is 13.8 Å². The Kier molecular flexibility index (Phi) is 7.21. The zero-order valence-corrected chi connectivity index (χ0v) is 12.9. The zero-order valence-electron chi connectivity index (χ0n) is 12.9. The minimum atomic E-state index is -4.69. The standard InChI is InChI=1S/C16H22F3NO2/c1-3-5-8-20(9-6-4-2)15(21)14(16(17,18)19)11-13-7-10-22-12-13/h7,10-12H,3-6,8-9H2,1-2H3/b14-11-. The summed E-state index contributed by atoms with van der Waals surface area (Å²) in [4.78, 5) is 13.6. The van der Waals surface area contributed by atoms with Crippen molar-refractivity contribution in [3.8, 4) is 0 Å². The van der Waals surface area contributed by atoms with Crippen LogP contribution in [0, 0.1) is 0 Å². The number of carbonyl (C=O) groups is 1. The van der Waals surface area contributed by atoms with E-state index in [0.717, 1.165) is 18.9 Å². The van der Waals surface area contributed by atoms with Gasteiger partial charge in [-0.15, -0.1) is 0 Å². The number of rotatable bonds is 8. The van der Waals surface area contributed by atoms with Crippen LogP contribution in [0.15, 0.2) is 28.6 Å². The largest absolute Gasteiger partial charge is 0.472 e. The van der Waals surface area contributed by atoms with Crippen molar-refractivity contribution in [2.24, 2.45) is 0 Å². The molecular weight excluding hydrogens is 295 g/mol. The van der Waals surface area contributed by atoms with E-state index in [4.69, 9.17) is 4.42 Å². The predicted octanol–water partition coefficient (Wildman–Crippen LogP) is 4.65. The fourth-order valence-electron chi connectivity index (χ4n) is 1.97. The van der Waals surface area contributed by atoms with E-state index in [1.54, 1.807) is 0 Å². The Morgan fingerprint density at radius 1 is 1.23 bits per heavy atom. The number of unbranched alkanes of at least 4 members (excludes halogenated alkanes) is 2. The van der Waals surface area contributed by atoms with Crippen molar-refractivity contribution in [3.05, 3.63) is 29.7 Å². The number of halogens is 3. The molecule has 1 aromatic rings. The third-order valence-corrected chi connectivity index (χ3v) is 3.24. The summed E-state index contributed by atoms with van der Waals surface area (Å²) in [6.45, 7) is 4.56. The molecule has 22 heavy (non-hydrogen) atoms. The fraction of sp³-hybridized carbons (Fsp3) is 0.562.